The average Bonchev–Trinajstić information content (AvgIpc) is 2.93. The number of hydrogen-bond acceptors (Lipinski definition) is 2. The van der Waals surface area contributed by atoms with Crippen LogP contribution in [0, 0.1) is 6.92 Å². The summed E-state index contributed by atoms with van der Waals surface area (Å²) in [6, 6.07) is 5.74. The summed E-state index contributed by atoms with van der Waals surface area (Å²) in [4.78, 5) is 7.34. The third-order valence-corrected chi connectivity index (χ3v) is 3.49. The lowest BCUT2D eigenvalue weighted by molar-refractivity contribution is 0.302. The summed E-state index contributed by atoms with van der Waals surface area (Å²) in [6.07, 6.45) is 9.37. The van der Waals surface area contributed by atoms with E-state index in [-0.39, 0.29) is 12.4 Å². The lowest BCUT2D eigenvalue weighted by atomic mass is 10.1. The molecule has 0 aliphatic heterocycles. The van der Waals surface area contributed by atoms with Crippen LogP contribution in [0.3, 0.4) is 0 Å². The molecule has 1 aromatic heterocycles. The van der Waals surface area contributed by atoms with Crippen molar-refractivity contribution in [3.8, 4) is 5.75 Å². The number of aryl methyl sites for hydroxylation is 2. The van der Waals surface area contributed by atoms with E-state index >= 15 is 0 Å². The molecule has 0 bridgehead atoms. The zero-order valence-electron chi connectivity index (χ0n) is 12.3. The monoisotopic (exact) mass is 328 g/mol. The first kappa shape index (κ1) is 17.9. The number of rotatable bonds is 8. The van der Waals surface area contributed by atoms with E-state index in [2.05, 4.69) is 9.97 Å². The van der Waals surface area contributed by atoms with Gasteiger partial charge in [0, 0.05) is 23.8 Å². The Morgan fingerprint density at radius 3 is 2.71 bits per heavy atom. The van der Waals surface area contributed by atoms with Gasteiger partial charge in [-0.15, -0.1) is 12.4 Å². The van der Waals surface area contributed by atoms with Crippen LogP contribution in [0.25, 0.3) is 0 Å². The van der Waals surface area contributed by atoms with E-state index in [4.69, 9.17) is 16.3 Å². The molecule has 1 heterocycles. The molecule has 0 aliphatic rings. The molecule has 0 amide bonds. The number of hydrogen-bond donors (Lipinski definition) is 1. The highest BCUT2D eigenvalue weighted by atomic mass is 35.5. The fourth-order valence-electron chi connectivity index (χ4n) is 2.14. The van der Waals surface area contributed by atoms with Crippen molar-refractivity contribution < 1.29 is 4.74 Å². The molecule has 2 aromatic rings. The minimum absolute atomic E-state index is 0. The van der Waals surface area contributed by atoms with Gasteiger partial charge in [-0.3, -0.25) is 0 Å². The molecule has 1 N–H and O–H groups in total. The van der Waals surface area contributed by atoms with E-state index in [1.807, 2.05) is 31.3 Å². The van der Waals surface area contributed by atoms with Crippen molar-refractivity contribution in [1.82, 2.24) is 9.97 Å². The van der Waals surface area contributed by atoms with Crippen LogP contribution in [-0.4, -0.2) is 16.6 Å². The summed E-state index contributed by atoms with van der Waals surface area (Å²) in [5, 5.41) is 0.757. The number of benzene rings is 1. The van der Waals surface area contributed by atoms with Gasteiger partial charge in [-0.25, -0.2) is 4.98 Å². The Kier molecular flexibility index (Phi) is 8.24. The van der Waals surface area contributed by atoms with Crippen molar-refractivity contribution >= 4 is 24.0 Å². The van der Waals surface area contributed by atoms with Gasteiger partial charge >= 0.3 is 0 Å². The molecular weight excluding hydrogens is 307 g/mol. The summed E-state index contributed by atoms with van der Waals surface area (Å²) in [6.45, 7) is 2.79. The van der Waals surface area contributed by atoms with Crippen LogP contribution in [0.1, 0.15) is 37.1 Å². The van der Waals surface area contributed by atoms with Gasteiger partial charge in [-0.2, -0.15) is 0 Å². The Morgan fingerprint density at radius 2 is 2.00 bits per heavy atom. The minimum Gasteiger partial charge on any atom is -0.493 e. The number of aromatic nitrogens is 2. The van der Waals surface area contributed by atoms with Gasteiger partial charge in [-0.05, 0) is 43.5 Å². The lowest BCUT2D eigenvalue weighted by Crippen LogP contribution is -1.99. The van der Waals surface area contributed by atoms with E-state index in [0.717, 1.165) is 41.6 Å². The topological polar surface area (TPSA) is 37.9 Å². The molecular formula is C16H22Cl2N2O. The van der Waals surface area contributed by atoms with E-state index in [1.165, 1.54) is 19.3 Å². The number of H-pyrrole nitrogens is 1. The van der Waals surface area contributed by atoms with Crippen molar-refractivity contribution in [3.05, 3.63) is 47.0 Å². The van der Waals surface area contributed by atoms with E-state index in [9.17, 15) is 0 Å². The molecule has 116 valence electrons. The highest BCUT2D eigenvalue weighted by molar-refractivity contribution is 6.30. The van der Waals surface area contributed by atoms with Crippen molar-refractivity contribution in [2.75, 3.05) is 6.61 Å². The van der Waals surface area contributed by atoms with Crippen LogP contribution in [0.15, 0.2) is 30.6 Å². The smallest absolute Gasteiger partial charge is 0.122 e. The molecule has 1 aromatic carbocycles. The van der Waals surface area contributed by atoms with Crippen LogP contribution in [0.2, 0.25) is 5.02 Å². The number of nitrogens with one attached hydrogen (secondary N) is 1. The van der Waals surface area contributed by atoms with E-state index in [0.29, 0.717) is 0 Å². The molecule has 0 atom stereocenters. The number of ether oxygens (including phenoxy) is 1. The van der Waals surface area contributed by atoms with Gasteiger partial charge in [-0.1, -0.05) is 24.4 Å². The maximum Gasteiger partial charge on any atom is 0.122 e. The second kappa shape index (κ2) is 9.69. The molecule has 2 rings (SSSR count). The number of imidazole rings is 1. The van der Waals surface area contributed by atoms with Crippen LogP contribution < -0.4 is 4.74 Å². The predicted molar refractivity (Wildman–Crippen MR) is 89.7 cm³/mol. The summed E-state index contributed by atoms with van der Waals surface area (Å²) in [5.74, 6) is 2.02. The second-order valence-electron chi connectivity index (χ2n) is 4.96. The summed E-state index contributed by atoms with van der Waals surface area (Å²) in [5.41, 5.74) is 1.09. The van der Waals surface area contributed by atoms with Crippen molar-refractivity contribution in [2.45, 2.75) is 39.0 Å². The molecule has 0 saturated carbocycles. The SMILES string of the molecule is Cc1cc(Cl)ccc1OCCCCCCc1ncc[nH]1.Cl. The van der Waals surface area contributed by atoms with Crippen molar-refractivity contribution in [1.29, 1.82) is 0 Å². The standard InChI is InChI=1S/C16H21ClN2O.ClH/c1-13-12-14(17)7-8-15(13)20-11-5-3-2-4-6-16-18-9-10-19-16;/h7-10,12H,2-6,11H2,1H3,(H,18,19);1H. The number of unbranched alkanes of at least 4 members (excludes halogenated alkanes) is 3. The zero-order valence-corrected chi connectivity index (χ0v) is 13.8. The average molecular weight is 329 g/mol. The Hall–Kier alpha value is -1.19. The predicted octanol–water partition coefficient (Wildman–Crippen LogP) is 4.98. The van der Waals surface area contributed by atoms with Gasteiger partial charge in [0.25, 0.3) is 0 Å². The van der Waals surface area contributed by atoms with Crippen LogP contribution in [0.5, 0.6) is 5.75 Å². The van der Waals surface area contributed by atoms with Crippen LogP contribution >= 0.6 is 24.0 Å². The second-order valence-corrected chi connectivity index (χ2v) is 5.39. The molecule has 0 radical (unpaired) electrons. The molecule has 3 nitrogen and oxygen atoms in total. The van der Waals surface area contributed by atoms with E-state index in [1.54, 1.807) is 6.20 Å². The van der Waals surface area contributed by atoms with Crippen LogP contribution in [0.4, 0.5) is 0 Å². The minimum atomic E-state index is 0. The highest BCUT2D eigenvalue weighted by Crippen LogP contribution is 2.22. The first-order chi connectivity index (χ1) is 9.75. The summed E-state index contributed by atoms with van der Waals surface area (Å²) < 4.78 is 5.77. The Morgan fingerprint density at radius 1 is 1.19 bits per heavy atom. The fourth-order valence-corrected chi connectivity index (χ4v) is 2.37. The Labute approximate surface area is 137 Å². The first-order valence-corrected chi connectivity index (χ1v) is 7.51. The summed E-state index contributed by atoms with van der Waals surface area (Å²) >= 11 is 5.91. The highest BCUT2D eigenvalue weighted by Gasteiger charge is 2.00. The van der Waals surface area contributed by atoms with Crippen molar-refractivity contribution in [3.63, 3.8) is 0 Å². The lowest BCUT2D eigenvalue weighted by Gasteiger charge is -2.09. The quantitative estimate of drug-likeness (QED) is 0.694. The molecule has 0 saturated heterocycles. The molecule has 5 heteroatoms. The maximum absolute atomic E-state index is 5.91. The van der Waals surface area contributed by atoms with E-state index < -0.39 is 0 Å². The Bertz CT molecular complexity index is 515. The first-order valence-electron chi connectivity index (χ1n) is 7.13. The van der Waals surface area contributed by atoms with Crippen molar-refractivity contribution in [2.24, 2.45) is 0 Å². The van der Waals surface area contributed by atoms with Gasteiger partial charge < -0.3 is 9.72 Å². The molecule has 21 heavy (non-hydrogen) atoms. The third kappa shape index (κ3) is 6.40. The maximum atomic E-state index is 5.91. The van der Waals surface area contributed by atoms with Gasteiger partial charge in [0.2, 0.25) is 0 Å². The van der Waals surface area contributed by atoms with Gasteiger partial charge in [0.05, 0.1) is 6.61 Å². The largest absolute Gasteiger partial charge is 0.493 e. The fraction of sp³-hybridized carbons (Fsp3) is 0.438. The normalized spacial score (nSPS) is 10.2. The molecule has 0 unspecified atom stereocenters. The number of halogens is 2. The molecule has 0 aliphatic carbocycles. The van der Waals surface area contributed by atoms with Gasteiger partial charge in [0.15, 0.2) is 0 Å². The van der Waals surface area contributed by atoms with Crippen LogP contribution in [-0.2, 0) is 6.42 Å². The molecule has 0 fully saturated rings. The third-order valence-electron chi connectivity index (χ3n) is 3.26. The van der Waals surface area contributed by atoms with Gasteiger partial charge in [0.1, 0.15) is 11.6 Å². The number of aromatic amines is 1. The zero-order chi connectivity index (χ0) is 14.2. The number of nitrogens with zero attached hydrogens (tertiary/aromatic N) is 1. The summed E-state index contributed by atoms with van der Waals surface area (Å²) in [7, 11) is 0. The molecule has 0 spiro atoms. The Balaban J connectivity index is 0.00000220.